The van der Waals surface area contributed by atoms with Gasteiger partial charge in [0.25, 0.3) is 0 Å². The Kier molecular flexibility index (Phi) is 3.31. The van der Waals surface area contributed by atoms with Crippen molar-refractivity contribution in [2.45, 2.75) is 25.1 Å². The second-order valence-corrected chi connectivity index (χ2v) is 4.98. The van der Waals surface area contributed by atoms with Crippen LogP contribution in [0, 0.1) is 5.82 Å². The third kappa shape index (κ3) is 2.70. The molecule has 3 rings (SSSR count). The molecule has 110 valence electrons. The molecule has 0 bridgehead atoms. The van der Waals surface area contributed by atoms with Gasteiger partial charge >= 0.3 is 6.18 Å². The van der Waals surface area contributed by atoms with Crippen LogP contribution < -0.4 is 5.32 Å². The van der Waals surface area contributed by atoms with Crippen LogP contribution in [0.2, 0.25) is 0 Å². The number of rotatable bonds is 2. The van der Waals surface area contributed by atoms with Crippen LogP contribution in [0.3, 0.4) is 0 Å². The van der Waals surface area contributed by atoms with Gasteiger partial charge in [-0.3, -0.25) is 0 Å². The van der Waals surface area contributed by atoms with Crippen molar-refractivity contribution in [3.05, 3.63) is 59.0 Å². The first-order chi connectivity index (χ1) is 9.95. The molecule has 0 radical (unpaired) electrons. The van der Waals surface area contributed by atoms with E-state index in [-0.39, 0.29) is 17.7 Å². The molecular formula is C15H12F4N2. The fraction of sp³-hybridized carbons (Fsp3) is 0.267. The Balaban J connectivity index is 1.92. The summed E-state index contributed by atoms with van der Waals surface area (Å²) in [6.45, 7) is 0. The molecule has 1 aromatic heterocycles. The molecule has 0 saturated heterocycles. The van der Waals surface area contributed by atoms with Gasteiger partial charge in [0.05, 0.1) is 11.6 Å². The maximum Gasteiger partial charge on any atom is 0.419 e. The number of aromatic nitrogens is 1. The summed E-state index contributed by atoms with van der Waals surface area (Å²) in [5, 5.41) is 2.80. The number of fused-ring (bicyclic) bond motifs is 1. The third-order valence-electron chi connectivity index (χ3n) is 3.61. The maximum absolute atomic E-state index is 13.3. The fourth-order valence-electron chi connectivity index (χ4n) is 2.64. The minimum atomic E-state index is -4.47. The van der Waals surface area contributed by atoms with Crippen molar-refractivity contribution >= 4 is 5.82 Å². The highest BCUT2D eigenvalue weighted by atomic mass is 19.4. The summed E-state index contributed by atoms with van der Waals surface area (Å²) in [5.41, 5.74) is 0.849. The summed E-state index contributed by atoms with van der Waals surface area (Å²) in [7, 11) is 0. The van der Waals surface area contributed by atoms with Gasteiger partial charge in [-0.1, -0.05) is 6.07 Å². The molecule has 0 amide bonds. The highest BCUT2D eigenvalue weighted by Crippen LogP contribution is 2.38. The zero-order valence-electron chi connectivity index (χ0n) is 10.9. The summed E-state index contributed by atoms with van der Waals surface area (Å²) < 4.78 is 52.1. The number of hydrogen-bond donors (Lipinski definition) is 1. The number of nitrogens with one attached hydrogen (secondary N) is 1. The standard InChI is InChI=1S/C15H12F4N2/c16-10-5-3-9-4-6-13(11(9)8-10)21-14-12(15(17,18)19)2-1-7-20-14/h1-3,5,7-8,13H,4,6H2,(H,20,21). The Morgan fingerprint density at radius 2 is 2.00 bits per heavy atom. The van der Waals surface area contributed by atoms with Gasteiger partial charge in [0.2, 0.25) is 0 Å². The Labute approximate surface area is 118 Å². The van der Waals surface area contributed by atoms with Gasteiger partial charge in [0.15, 0.2) is 0 Å². The van der Waals surface area contributed by atoms with E-state index in [4.69, 9.17) is 0 Å². The van der Waals surface area contributed by atoms with Crippen molar-refractivity contribution in [2.24, 2.45) is 0 Å². The molecule has 2 nitrogen and oxygen atoms in total. The van der Waals surface area contributed by atoms with Crippen molar-refractivity contribution in [3.8, 4) is 0 Å². The third-order valence-corrected chi connectivity index (χ3v) is 3.61. The molecule has 0 fully saturated rings. The summed E-state index contributed by atoms with van der Waals surface area (Å²) in [5.74, 6) is -0.605. The van der Waals surface area contributed by atoms with Gasteiger partial charge in [-0.25, -0.2) is 9.37 Å². The Bertz CT molecular complexity index is 667. The summed E-state index contributed by atoms with van der Waals surface area (Å²) in [6.07, 6.45) is -1.84. The smallest absolute Gasteiger partial charge is 0.363 e. The summed E-state index contributed by atoms with van der Waals surface area (Å²) >= 11 is 0. The topological polar surface area (TPSA) is 24.9 Å². The van der Waals surface area contributed by atoms with E-state index in [9.17, 15) is 17.6 Å². The monoisotopic (exact) mass is 296 g/mol. The number of aryl methyl sites for hydroxylation is 1. The highest BCUT2D eigenvalue weighted by molar-refractivity contribution is 5.49. The van der Waals surface area contributed by atoms with Crippen molar-refractivity contribution in [2.75, 3.05) is 5.32 Å². The van der Waals surface area contributed by atoms with Crippen LogP contribution in [-0.4, -0.2) is 4.98 Å². The number of anilines is 1. The second kappa shape index (κ2) is 5.02. The Hall–Kier alpha value is -2.11. The molecule has 2 aromatic rings. The molecule has 1 unspecified atom stereocenters. The zero-order chi connectivity index (χ0) is 15.0. The van der Waals surface area contributed by atoms with Crippen LogP contribution in [0.25, 0.3) is 0 Å². The van der Waals surface area contributed by atoms with Crippen molar-refractivity contribution in [1.29, 1.82) is 0 Å². The molecular weight excluding hydrogens is 284 g/mol. The summed E-state index contributed by atoms with van der Waals surface area (Å²) in [6, 6.07) is 6.29. The van der Waals surface area contributed by atoms with Crippen LogP contribution >= 0.6 is 0 Å². The number of halogens is 4. The van der Waals surface area contributed by atoms with Gasteiger partial charge in [-0.05, 0) is 48.2 Å². The highest BCUT2D eigenvalue weighted by Gasteiger charge is 2.35. The fourth-order valence-corrected chi connectivity index (χ4v) is 2.64. The SMILES string of the molecule is Fc1ccc2c(c1)C(Nc1ncccc1C(F)(F)F)CC2. The van der Waals surface area contributed by atoms with E-state index in [0.29, 0.717) is 18.4 Å². The number of alkyl halides is 3. The van der Waals surface area contributed by atoms with Crippen LogP contribution in [0.4, 0.5) is 23.4 Å². The molecule has 6 heteroatoms. The predicted molar refractivity (Wildman–Crippen MR) is 70.3 cm³/mol. The lowest BCUT2D eigenvalue weighted by atomic mass is 10.1. The molecule has 1 aliphatic carbocycles. The molecule has 1 N–H and O–H groups in total. The lowest BCUT2D eigenvalue weighted by Gasteiger charge is -2.18. The van der Waals surface area contributed by atoms with Crippen LogP contribution in [0.15, 0.2) is 36.5 Å². The first kappa shape index (κ1) is 13.9. The van der Waals surface area contributed by atoms with E-state index in [2.05, 4.69) is 10.3 Å². The van der Waals surface area contributed by atoms with Crippen LogP contribution in [0.1, 0.15) is 29.2 Å². The number of pyridine rings is 1. The van der Waals surface area contributed by atoms with E-state index < -0.39 is 11.7 Å². The van der Waals surface area contributed by atoms with Crippen LogP contribution in [-0.2, 0) is 12.6 Å². The average Bonchev–Trinajstić information content (AvgIpc) is 2.81. The van der Waals surface area contributed by atoms with E-state index in [1.165, 1.54) is 24.4 Å². The van der Waals surface area contributed by atoms with Crippen molar-refractivity contribution in [3.63, 3.8) is 0 Å². The lowest BCUT2D eigenvalue weighted by molar-refractivity contribution is -0.137. The van der Waals surface area contributed by atoms with E-state index in [1.807, 2.05) is 0 Å². The molecule has 1 aliphatic rings. The lowest BCUT2D eigenvalue weighted by Crippen LogP contribution is -2.15. The Morgan fingerprint density at radius 3 is 2.76 bits per heavy atom. The quantitative estimate of drug-likeness (QED) is 0.834. The average molecular weight is 296 g/mol. The largest absolute Gasteiger partial charge is 0.419 e. The second-order valence-electron chi connectivity index (χ2n) is 4.98. The van der Waals surface area contributed by atoms with Crippen molar-refractivity contribution < 1.29 is 17.6 Å². The first-order valence-electron chi connectivity index (χ1n) is 6.52. The van der Waals surface area contributed by atoms with E-state index >= 15 is 0 Å². The zero-order valence-corrected chi connectivity index (χ0v) is 10.9. The molecule has 1 atom stereocenters. The van der Waals surface area contributed by atoms with Gasteiger partial charge in [0.1, 0.15) is 11.6 Å². The first-order valence-corrected chi connectivity index (χ1v) is 6.52. The normalized spacial score (nSPS) is 17.6. The predicted octanol–water partition coefficient (Wildman–Crippen LogP) is 4.34. The van der Waals surface area contributed by atoms with Gasteiger partial charge in [0, 0.05) is 6.20 Å². The maximum atomic E-state index is 13.3. The molecule has 0 aliphatic heterocycles. The van der Waals surface area contributed by atoms with Gasteiger partial charge in [-0.2, -0.15) is 13.2 Å². The van der Waals surface area contributed by atoms with Gasteiger partial charge < -0.3 is 5.32 Å². The molecule has 1 heterocycles. The summed E-state index contributed by atoms with van der Waals surface area (Å²) in [4.78, 5) is 3.78. The molecule has 0 spiro atoms. The van der Waals surface area contributed by atoms with Crippen molar-refractivity contribution in [1.82, 2.24) is 4.98 Å². The minimum absolute atomic E-state index is 0.216. The molecule has 21 heavy (non-hydrogen) atoms. The number of nitrogens with zero attached hydrogens (tertiary/aromatic N) is 1. The number of benzene rings is 1. The van der Waals surface area contributed by atoms with E-state index in [0.717, 1.165) is 11.6 Å². The van der Waals surface area contributed by atoms with Crippen LogP contribution in [0.5, 0.6) is 0 Å². The minimum Gasteiger partial charge on any atom is -0.363 e. The van der Waals surface area contributed by atoms with Gasteiger partial charge in [-0.15, -0.1) is 0 Å². The number of hydrogen-bond acceptors (Lipinski definition) is 2. The van der Waals surface area contributed by atoms with E-state index in [1.54, 1.807) is 6.07 Å². The molecule has 0 saturated carbocycles. The Morgan fingerprint density at radius 1 is 1.19 bits per heavy atom. The molecule has 1 aromatic carbocycles.